The smallest absolute Gasteiger partial charge is 0.338 e. The van der Waals surface area contributed by atoms with Gasteiger partial charge in [0.2, 0.25) is 0 Å². The molecular formula is C14H19NO2S. The Balaban J connectivity index is 3.57. The Morgan fingerprint density at radius 2 is 2.00 bits per heavy atom. The van der Waals surface area contributed by atoms with Crippen molar-refractivity contribution in [1.82, 2.24) is 0 Å². The van der Waals surface area contributed by atoms with Gasteiger partial charge in [-0.3, -0.25) is 5.41 Å². The third kappa shape index (κ3) is 2.75. The second kappa shape index (κ2) is 6.05. The number of esters is 1. The lowest BCUT2D eigenvalue weighted by Gasteiger charge is -2.18. The first-order chi connectivity index (χ1) is 8.43. The van der Waals surface area contributed by atoms with E-state index in [1.807, 2.05) is 33.1 Å². The molecule has 0 saturated heterocycles. The van der Waals surface area contributed by atoms with Gasteiger partial charge >= 0.3 is 5.97 Å². The number of nitrogens with one attached hydrogen (secondary N) is 1. The minimum Gasteiger partial charge on any atom is -0.465 e. The second-order valence-corrected chi connectivity index (χ2v) is 5.21. The van der Waals surface area contributed by atoms with Gasteiger partial charge in [0.15, 0.2) is 0 Å². The molecule has 1 aromatic rings. The predicted octanol–water partition coefficient (Wildman–Crippen LogP) is 3.59. The third-order valence-electron chi connectivity index (χ3n) is 2.87. The average molecular weight is 265 g/mol. The van der Waals surface area contributed by atoms with Gasteiger partial charge in [-0.05, 0) is 36.3 Å². The van der Waals surface area contributed by atoms with Crippen LogP contribution in [0.25, 0.3) is 0 Å². The highest BCUT2D eigenvalue weighted by Crippen LogP contribution is 2.29. The van der Waals surface area contributed by atoms with E-state index < -0.39 is 0 Å². The highest BCUT2D eigenvalue weighted by molar-refractivity contribution is 8.13. The van der Waals surface area contributed by atoms with Gasteiger partial charge < -0.3 is 4.74 Å². The molecule has 0 aliphatic heterocycles. The number of carbonyl (C=O) groups excluding carboxylic acids is 1. The SMILES string of the molecule is COC(=O)c1ccc(C)c(C(=N)SC)c1C(C)C. The molecule has 0 spiro atoms. The summed E-state index contributed by atoms with van der Waals surface area (Å²) < 4.78 is 4.82. The maximum Gasteiger partial charge on any atom is 0.338 e. The largest absolute Gasteiger partial charge is 0.465 e. The summed E-state index contributed by atoms with van der Waals surface area (Å²) in [4.78, 5) is 11.8. The highest BCUT2D eigenvalue weighted by Gasteiger charge is 2.21. The first-order valence-electron chi connectivity index (χ1n) is 5.78. The fourth-order valence-electron chi connectivity index (χ4n) is 2.02. The van der Waals surface area contributed by atoms with E-state index in [9.17, 15) is 4.79 Å². The Morgan fingerprint density at radius 1 is 1.39 bits per heavy atom. The lowest BCUT2D eigenvalue weighted by atomic mass is 9.89. The fourth-order valence-corrected chi connectivity index (χ4v) is 2.49. The lowest BCUT2D eigenvalue weighted by Crippen LogP contribution is -2.13. The third-order valence-corrected chi connectivity index (χ3v) is 3.48. The van der Waals surface area contributed by atoms with Crippen LogP contribution in [0.4, 0.5) is 0 Å². The number of hydrogen-bond acceptors (Lipinski definition) is 4. The molecule has 0 aliphatic carbocycles. The number of rotatable bonds is 3. The Kier molecular flexibility index (Phi) is 4.96. The van der Waals surface area contributed by atoms with Crippen LogP contribution in [0.2, 0.25) is 0 Å². The maximum atomic E-state index is 11.8. The van der Waals surface area contributed by atoms with Crippen molar-refractivity contribution in [1.29, 1.82) is 5.41 Å². The molecule has 0 aliphatic rings. The van der Waals surface area contributed by atoms with Gasteiger partial charge in [0.25, 0.3) is 0 Å². The van der Waals surface area contributed by atoms with E-state index in [-0.39, 0.29) is 11.9 Å². The number of benzene rings is 1. The average Bonchev–Trinajstić information content (AvgIpc) is 2.36. The van der Waals surface area contributed by atoms with E-state index in [0.29, 0.717) is 10.6 Å². The Morgan fingerprint density at radius 3 is 2.44 bits per heavy atom. The molecule has 1 aromatic carbocycles. The van der Waals surface area contributed by atoms with Crippen molar-refractivity contribution in [2.45, 2.75) is 26.7 Å². The molecule has 0 aromatic heterocycles. The van der Waals surface area contributed by atoms with E-state index >= 15 is 0 Å². The van der Waals surface area contributed by atoms with E-state index in [0.717, 1.165) is 16.7 Å². The molecule has 0 atom stereocenters. The number of carbonyl (C=O) groups is 1. The Labute approximate surface area is 112 Å². The van der Waals surface area contributed by atoms with Crippen molar-refractivity contribution in [3.8, 4) is 0 Å². The zero-order valence-corrected chi connectivity index (χ0v) is 12.3. The van der Waals surface area contributed by atoms with Gasteiger partial charge in [-0.1, -0.05) is 19.9 Å². The molecule has 0 bridgehead atoms. The molecular weight excluding hydrogens is 246 g/mol. The molecule has 1 N–H and O–H groups in total. The van der Waals surface area contributed by atoms with Gasteiger partial charge in [0.05, 0.1) is 17.7 Å². The normalized spacial score (nSPS) is 10.6. The minimum absolute atomic E-state index is 0.168. The molecule has 0 heterocycles. The Bertz CT molecular complexity index is 481. The zero-order chi connectivity index (χ0) is 13.9. The number of aryl methyl sites for hydroxylation is 1. The molecule has 98 valence electrons. The molecule has 4 heteroatoms. The number of ether oxygens (including phenoxy) is 1. The van der Waals surface area contributed by atoms with Gasteiger partial charge in [0, 0.05) is 5.56 Å². The van der Waals surface area contributed by atoms with Crippen LogP contribution in [-0.4, -0.2) is 24.4 Å². The van der Waals surface area contributed by atoms with Crippen molar-refractivity contribution in [3.05, 3.63) is 34.4 Å². The van der Waals surface area contributed by atoms with Gasteiger partial charge in [-0.2, -0.15) is 0 Å². The summed E-state index contributed by atoms with van der Waals surface area (Å²) >= 11 is 1.38. The topological polar surface area (TPSA) is 50.2 Å². The molecule has 3 nitrogen and oxygen atoms in total. The molecule has 0 amide bonds. The first kappa shape index (κ1) is 14.8. The van der Waals surface area contributed by atoms with Crippen molar-refractivity contribution >= 4 is 22.8 Å². The standard InChI is InChI=1S/C14H19NO2S/c1-8(2)11-10(14(16)17-4)7-6-9(3)12(11)13(15)18-5/h6-8,15H,1-5H3. The minimum atomic E-state index is -0.339. The Hall–Kier alpha value is -1.29. The first-order valence-corrected chi connectivity index (χ1v) is 7.01. The fraction of sp³-hybridized carbons (Fsp3) is 0.429. The summed E-state index contributed by atoms with van der Waals surface area (Å²) in [5, 5.41) is 8.55. The molecule has 18 heavy (non-hydrogen) atoms. The number of thioether (sulfide) groups is 1. The number of methoxy groups -OCH3 is 1. The van der Waals surface area contributed by atoms with Crippen molar-refractivity contribution < 1.29 is 9.53 Å². The van der Waals surface area contributed by atoms with Crippen LogP contribution in [0.3, 0.4) is 0 Å². The van der Waals surface area contributed by atoms with Crippen LogP contribution in [-0.2, 0) is 4.74 Å². The molecule has 0 unspecified atom stereocenters. The van der Waals surface area contributed by atoms with Gasteiger partial charge in [-0.25, -0.2) is 4.79 Å². The van der Waals surface area contributed by atoms with E-state index in [1.54, 1.807) is 6.07 Å². The van der Waals surface area contributed by atoms with Crippen LogP contribution in [0.15, 0.2) is 12.1 Å². The van der Waals surface area contributed by atoms with Crippen LogP contribution in [0.1, 0.15) is 46.8 Å². The van der Waals surface area contributed by atoms with Gasteiger partial charge in [-0.15, -0.1) is 11.8 Å². The predicted molar refractivity (Wildman–Crippen MR) is 77.0 cm³/mol. The highest BCUT2D eigenvalue weighted by atomic mass is 32.2. The summed E-state index contributed by atoms with van der Waals surface area (Å²) in [5.41, 5.74) is 3.35. The monoisotopic (exact) mass is 265 g/mol. The summed E-state index contributed by atoms with van der Waals surface area (Å²) in [7, 11) is 1.38. The summed E-state index contributed by atoms with van der Waals surface area (Å²) in [5.74, 6) is -0.171. The van der Waals surface area contributed by atoms with Gasteiger partial charge in [0.1, 0.15) is 0 Å². The lowest BCUT2D eigenvalue weighted by molar-refractivity contribution is 0.0599. The van der Waals surface area contributed by atoms with E-state index in [1.165, 1.54) is 18.9 Å². The van der Waals surface area contributed by atoms with Crippen molar-refractivity contribution in [2.75, 3.05) is 13.4 Å². The van der Waals surface area contributed by atoms with Crippen LogP contribution < -0.4 is 0 Å². The number of hydrogen-bond donors (Lipinski definition) is 1. The van der Waals surface area contributed by atoms with Crippen LogP contribution in [0, 0.1) is 12.3 Å². The molecule has 1 rings (SSSR count). The van der Waals surface area contributed by atoms with E-state index in [2.05, 4.69) is 0 Å². The molecule has 0 saturated carbocycles. The summed E-state index contributed by atoms with van der Waals surface area (Å²) in [6.45, 7) is 6.02. The van der Waals surface area contributed by atoms with E-state index in [4.69, 9.17) is 10.1 Å². The van der Waals surface area contributed by atoms with Crippen LogP contribution >= 0.6 is 11.8 Å². The molecule has 0 radical (unpaired) electrons. The van der Waals surface area contributed by atoms with Crippen molar-refractivity contribution in [2.24, 2.45) is 0 Å². The van der Waals surface area contributed by atoms with Crippen LogP contribution in [0.5, 0.6) is 0 Å². The van der Waals surface area contributed by atoms with Crippen molar-refractivity contribution in [3.63, 3.8) is 0 Å². The molecule has 0 fully saturated rings. The summed E-state index contributed by atoms with van der Waals surface area (Å²) in [6, 6.07) is 3.66. The quantitative estimate of drug-likeness (QED) is 0.516. The second-order valence-electron chi connectivity index (χ2n) is 4.40. The maximum absolute atomic E-state index is 11.8. The zero-order valence-electron chi connectivity index (χ0n) is 11.5. The summed E-state index contributed by atoms with van der Waals surface area (Å²) in [6.07, 6.45) is 1.87.